The predicted molar refractivity (Wildman–Crippen MR) is 125 cm³/mol. The van der Waals surface area contributed by atoms with Crippen molar-refractivity contribution in [2.24, 2.45) is 0 Å². The van der Waals surface area contributed by atoms with Crippen LogP contribution >= 0.6 is 0 Å². The van der Waals surface area contributed by atoms with Crippen LogP contribution in [0.4, 0.5) is 9.59 Å². The number of hydrazine groups is 1. The van der Waals surface area contributed by atoms with Gasteiger partial charge in [0, 0.05) is 0 Å². The molecule has 2 saturated heterocycles. The Bertz CT molecular complexity index is 1170. The molecule has 2 fully saturated rings. The van der Waals surface area contributed by atoms with E-state index in [1.54, 1.807) is 44.2 Å². The van der Waals surface area contributed by atoms with Crippen LogP contribution in [0.25, 0.3) is 0 Å². The van der Waals surface area contributed by atoms with Crippen LogP contribution in [-0.2, 0) is 26.3 Å². The number of amides is 7. The van der Waals surface area contributed by atoms with Crippen LogP contribution < -0.4 is 16.1 Å². The van der Waals surface area contributed by atoms with E-state index in [2.05, 4.69) is 16.1 Å². The van der Waals surface area contributed by atoms with Gasteiger partial charge in [-0.25, -0.2) is 9.59 Å². The van der Waals surface area contributed by atoms with Gasteiger partial charge in [0.15, 0.2) is 0 Å². The third-order valence-electron chi connectivity index (χ3n) is 6.53. The van der Waals surface area contributed by atoms with E-state index in [1.165, 1.54) is 0 Å². The average molecular weight is 478 g/mol. The average Bonchev–Trinajstić information content (AvgIpc) is 3.23. The minimum atomic E-state index is -1.32. The van der Waals surface area contributed by atoms with Crippen molar-refractivity contribution in [3.63, 3.8) is 0 Å². The Balaban J connectivity index is 1.42. The summed E-state index contributed by atoms with van der Waals surface area (Å²) in [6, 6.07) is 16.8. The largest absolute Gasteiger partial charge is 0.344 e. The molecule has 10 nitrogen and oxygen atoms in total. The molecule has 0 radical (unpaired) electrons. The van der Waals surface area contributed by atoms with Gasteiger partial charge in [0.05, 0.1) is 0 Å². The van der Waals surface area contributed by atoms with E-state index in [-0.39, 0.29) is 6.42 Å². The summed E-state index contributed by atoms with van der Waals surface area (Å²) in [6.07, 6.45) is 1.17. The quantitative estimate of drug-likeness (QED) is 0.500. The number of carbonyl (C=O) groups excluding carboxylic acids is 5. The van der Waals surface area contributed by atoms with Crippen molar-refractivity contribution in [1.82, 2.24) is 26.0 Å². The summed E-state index contributed by atoms with van der Waals surface area (Å²) in [7, 11) is 0. The molecule has 10 heteroatoms. The van der Waals surface area contributed by atoms with E-state index in [0.717, 1.165) is 10.5 Å². The summed E-state index contributed by atoms with van der Waals surface area (Å²) in [4.78, 5) is 64.7. The van der Waals surface area contributed by atoms with Gasteiger partial charge in [-0.1, -0.05) is 67.6 Å². The highest BCUT2D eigenvalue weighted by Gasteiger charge is 2.53. The maximum atomic E-state index is 13.2. The number of aryl methyl sites for hydroxylation is 1. The minimum Gasteiger partial charge on any atom is -0.323 e. The van der Waals surface area contributed by atoms with Crippen LogP contribution in [0, 0.1) is 0 Å². The van der Waals surface area contributed by atoms with Crippen LogP contribution in [0.5, 0.6) is 0 Å². The number of imide groups is 2. The second-order valence-electron chi connectivity index (χ2n) is 8.87. The van der Waals surface area contributed by atoms with Gasteiger partial charge >= 0.3 is 12.1 Å². The Labute approximate surface area is 202 Å². The van der Waals surface area contributed by atoms with Crippen molar-refractivity contribution in [3.05, 3.63) is 71.8 Å². The molecule has 0 bridgehead atoms. The summed E-state index contributed by atoms with van der Waals surface area (Å²) >= 11 is 0. The Morgan fingerprint density at radius 2 is 1.51 bits per heavy atom. The molecule has 2 aromatic carbocycles. The zero-order chi connectivity index (χ0) is 25.2. The maximum absolute atomic E-state index is 13.2. The van der Waals surface area contributed by atoms with Crippen molar-refractivity contribution < 1.29 is 24.0 Å². The number of benzene rings is 2. The molecule has 2 aliphatic heterocycles. The lowest BCUT2D eigenvalue weighted by atomic mass is 9.87. The van der Waals surface area contributed by atoms with Crippen molar-refractivity contribution in [1.29, 1.82) is 0 Å². The summed E-state index contributed by atoms with van der Waals surface area (Å²) in [5.74, 6) is -2.03. The summed E-state index contributed by atoms with van der Waals surface area (Å²) in [5, 5.41) is 5.92. The molecular weight excluding hydrogens is 450 g/mol. The zero-order valence-corrected chi connectivity index (χ0v) is 19.5. The first-order valence-corrected chi connectivity index (χ1v) is 11.4. The first-order valence-electron chi connectivity index (χ1n) is 11.4. The highest BCUT2D eigenvalue weighted by Crippen LogP contribution is 2.31. The van der Waals surface area contributed by atoms with Crippen molar-refractivity contribution >= 4 is 29.8 Å². The molecule has 2 heterocycles. The fraction of sp³-hybridized carbons (Fsp3) is 0.320. The van der Waals surface area contributed by atoms with Crippen LogP contribution in [0.1, 0.15) is 37.8 Å². The number of nitrogens with one attached hydrogen (secondary N) is 3. The summed E-state index contributed by atoms with van der Waals surface area (Å²) < 4.78 is 0. The van der Waals surface area contributed by atoms with Gasteiger partial charge in [0.1, 0.15) is 17.6 Å². The SMILES string of the molecule is CC[C@@]1(c2ccccc2)NC(=O)N(NC(=O)CN2C(=O)N[C@](C)(CCc3ccccc3)C2=O)C1=O. The number of urea groups is 2. The molecule has 4 rings (SSSR count). The number of rotatable bonds is 8. The van der Waals surface area contributed by atoms with Crippen LogP contribution in [0.2, 0.25) is 0 Å². The van der Waals surface area contributed by atoms with E-state index in [0.29, 0.717) is 23.4 Å². The Morgan fingerprint density at radius 3 is 2.14 bits per heavy atom. The summed E-state index contributed by atoms with van der Waals surface area (Å²) in [5.41, 5.74) is 1.37. The van der Waals surface area contributed by atoms with E-state index in [4.69, 9.17) is 0 Å². The minimum absolute atomic E-state index is 0.265. The van der Waals surface area contributed by atoms with Gasteiger partial charge in [-0.05, 0) is 37.3 Å². The molecular formula is C25H27N5O5. The monoisotopic (exact) mass is 477 g/mol. The van der Waals surface area contributed by atoms with E-state index in [1.807, 2.05) is 30.3 Å². The van der Waals surface area contributed by atoms with Gasteiger partial charge in [-0.15, -0.1) is 0 Å². The number of hydrogen-bond acceptors (Lipinski definition) is 5. The second-order valence-corrected chi connectivity index (χ2v) is 8.87. The van der Waals surface area contributed by atoms with Crippen LogP contribution in [0.3, 0.4) is 0 Å². The molecule has 2 atom stereocenters. The molecule has 3 N–H and O–H groups in total. The summed E-state index contributed by atoms with van der Waals surface area (Å²) in [6.45, 7) is 2.73. The van der Waals surface area contributed by atoms with Crippen molar-refractivity contribution in [2.45, 2.75) is 44.2 Å². The molecule has 2 aliphatic rings. The van der Waals surface area contributed by atoms with Gasteiger partial charge in [-0.3, -0.25) is 24.7 Å². The molecule has 0 saturated carbocycles. The lowest BCUT2D eigenvalue weighted by Crippen LogP contribution is -2.52. The Morgan fingerprint density at radius 1 is 0.886 bits per heavy atom. The first kappa shape index (κ1) is 23.9. The number of hydrogen-bond donors (Lipinski definition) is 3. The van der Waals surface area contributed by atoms with E-state index >= 15 is 0 Å². The molecule has 0 unspecified atom stereocenters. The smallest absolute Gasteiger partial charge is 0.323 e. The van der Waals surface area contributed by atoms with Crippen molar-refractivity contribution in [3.8, 4) is 0 Å². The van der Waals surface area contributed by atoms with E-state index < -0.39 is 47.4 Å². The lowest BCUT2D eigenvalue weighted by molar-refractivity contribution is -0.141. The highest BCUT2D eigenvalue weighted by molar-refractivity contribution is 6.10. The zero-order valence-electron chi connectivity index (χ0n) is 19.5. The van der Waals surface area contributed by atoms with Gasteiger partial charge in [-0.2, -0.15) is 5.01 Å². The molecule has 0 aromatic heterocycles. The molecule has 35 heavy (non-hydrogen) atoms. The first-order chi connectivity index (χ1) is 16.7. The van der Waals surface area contributed by atoms with Gasteiger partial charge in [0.2, 0.25) is 0 Å². The van der Waals surface area contributed by atoms with Crippen molar-refractivity contribution in [2.75, 3.05) is 6.54 Å². The fourth-order valence-electron chi connectivity index (χ4n) is 4.44. The van der Waals surface area contributed by atoms with Crippen LogP contribution in [0.15, 0.2) is 60.7 Å². The lowest BCUT2D eigenvalue weighted by Gasteiger charge is -2.25. The number of carbonyl (C=O) groups is 5. The van der Waals surface area contributed by atoms with Crippen LogP contribution in [-0.4, -0.2) is 51.8 Å². The third kappa shape index (κ3) is 4.34. The van der Waals surface area contributed by atoms with E-state index in [9.17, 15) is 24.0 Å². The third-order valence-corrected chi connectivity index (χ3v) is 6.53. The fourth-order valence-corrected chi connectivity index (χ4v) is 4.44. The molecule has 182 valence electrons. The topological polar surface area (TPSA) is 128 Å². The normalized spacial score (nSPS) is 23.9. The highest BCUT2D eigenvalue weighted by atomic mass is 16.2. The molecule has 0 aliphatic carbocycles. The molecule has 2 aromatic rings. The Kier molecular flexibility index (Phi) is 6.29. The predicted octanol–water partition coefficient (Wildman–Crippen LogP) is 1.82. The number of nitrogens with zero attached hydrogens (tertiary/aromatic N) is 2. The molecule has 7 amide bonds. The van der Waals surface area contributed by atoms with Gasteiger partial charge in [0.25, 0.3) is 17.7 Å². The standard InChI is InChI=1S/C25H27N5O5/c1-3-25(18-12-8-5-9-13-18)21(33)30(23(35)27-25)28-19(31)16-29-20(32)24(2,26-22(29)34)15-14-17-10-6-4-7-11-17/h4-13H,3,14-16H2,1-2H3,(H,26,34)(H,27,35)(H,28,31)/t24-,25+/m1/s1. The Hall–Kier alpha value is -4.21. The second kappa shape index (κ2) is 9.21. The molecule has 0 spiro atoms. The van der Waals surface area contributed by atoms with Gasteiger partial charge < -0.3 is 10.6 Å². The maximum Gasteiger partial charge on any atom is 0.344 e.